The van der Waals surface area contributed by atoms with Gasteiger partial charge in [-0.3, -0.25) is 9.79 Å². The van der Waals surface area contributed by atoms with Gasteiger partial charge in [-0.25, -0.2) is 38.8 Å². The van der Waals surface area contributed by atoms with E-state index in [1.807, 2.05) is 72.7 Å². The van der Waals surface area contributed by atoms with Crippen LogP contribution in [0, 0.1) is 36.5 Å². The lowest BCUT2D eigenvalue weighted by atomic mass is 9.92. The van der Waals surface area contributed by atoms with Crippen LogP contribution >= 0.6 is 0 Å². The predicted octanol–water partition coefficient (Wildman–Crippen LogP) is 10.7. The van der Waals surface area contributed by atoms with Crippen molar-refractivity contribution in [2.45, 2.75) is 124 Å². The standard InChI is InChI=1S/C27H29N7O.C20H27N3O3Si.C18H27N5O2/c1-16-15-29-17(2)24(16)21-13-18(5-6-19(21)14-28)25(35)27-30-22-7-8-23(31-26(22)32-27)34-11-9-20(10-12-34)33(3)4;1-14-19(15(2)23(22-14)13-26-9-10-27(4,5)6)18-11-16(20(24)25-3)7-8-17(18)12-21;1-18(2,3)25-17(24)23-12-19-14-6-7-15(20-16(14)23)22-10-8-13(9-11-22)21(4)5/h5-8,13,20H,9-12,15H2,1-4H3,(H,30,31,32);7-8,11H,9-10,13H2,1-6H3;6-7,12-13H,8-11H2,1-5H3. The number of aromatic nitrogens is 8. The van der Waals surface area contributed by atoms with Gasteiger partial charge in [0.15, 0.2) is 17.1 Å². The third-order valence-electron chi connectivity index (χ3n) is 16.0. The number of nitrogens with one attached hydrogen (secondary N) is 1. The van der Waals surface area contributed by atoms with E-state index in [1.165, 1.54) is 18.0 Å². The number of carbonyl (C=O) groups excluding carboxylic acids is 3. The van der Waals surface area contributed by atoms with Crippen LogP contribution < -0.4 is 9.80 Å². The summed E-state index contributed by atoms with van der Waals surface area (Å²) in [6.45, 7) is 25.8. The number of nitrogens with zero attached hydrogens (tertiary/aromatic N) is 14. The molecule has 3 aliphatic heterocycles. The molecule has 0 bridgehead atoms. The highest BCUT2D eigenvalue weighted by atomic mass is 28.3. The minimum atomic E-state index is -1.14. The highest BCUT2D eigenvalue weighted by Crippen LogP contribution is 2.33. The Balaban J connectivity index is 0.000000173. The van der Waals surface area contributed by atoms with Crippen molar-refractivity contribution in [2.75, 3.05) is 84.4 Å². The Kier molecular flexibility index (Phi) is 20.4. The molecule has 0 spiro atoms. The molecule has 5 aromatic heterocycles. The SMILES string of the molecule is CC1=NCC(C)=C1c1cc(C(=O)c2nc3nc(N4CCC(N(C)C)CC4)ccc3[nH]2)ccc1C#N.CN(C)C1CCN(c2ccc3ncn(C(=O)OC(C)(C)C)c3n2)CC1.COC(=O)c1ccc(C#N)c(-c2c(C)nn(COCC[Si](C)(C)C)c2C)c1. The molecule has 0 saturated carbocycles. The topological polar surface area (TPSA) is 242 Å². The van der Waals surface area contributed by atoms with Crippen LogP contribution in [0.4, 0.5) is 16.4 Å². The summed E-state index contributed by atoms with van der Waals surface area (Å²) in [4.78, 5) is 72.6. The van der Waals surface area contributed by atoms with Crippen molar-refractivity contribution in [1.29, 1.82) is 10.5 Å². The number of ether oxygens (including phenoxy) is 3. The zero-order valence-electron chi connectivity index (χ0n) is 53.2. The average Bonchev–Trinajstić information content (AvgIpc) is 1.92. The molecule has 10 rings (SSSR count). The number of allylic oxidation sites excluding steroid dienone is 1. The van der Waals surface area contributed by atoms with Gasteiger partial charge >= 0.3 is 12.1 Å². The number of hydrogen-bond acceptors (Lipinski definition) is 18. The smallest absolute Gasteiger partial charge is 0.421 e. The number of hydrogen-bond donors (Lipinski definition) is 1. The molecule has 0 amide bonds. The van der Waals surface area contributed by atoms with E-state index in [-0.39, 0.29) is 11.6 Å². The van der Waals surface area contributed by atoms with E-state index in [4.69, 9.17) is 24.2 Å². The van der Waals surface area contributed by atoms with Gasteiger partial charge in [0.05, 0.1) is 53.7 Å². The highest BCUT2D eigenvalue weighted by molar-refractivity contribution is 6.76. The Morgan fingerprint density at radius 3 is 1.92 bits per heavy atom. The molecule has 21 nitrogen and oxygen atoms in total. The summed E-state index contributed by atoms with van der Waals surface area (Å²) in [5.41, 5.74) is 10.8. The van der Waals surface area contributed by atoms with E-state index in [2.05, 4.69) is 105 Å². The summed E-state index contributed by atoms with van der Waals surface area (Å²) in [7, 11) is 8.72. The van der Waals surface area contributed by atoms with E-state index < -0.39 is 25.7 Å². The summed E-state index contributed by atoms with van der Waals surface area (Å²) in [5, 5.41) is 23.7. The van der Waals surface area contributed by atoms with Crippen LogP contribution in [0.1, 0.15) is 115 Å². The first-order valence-electron chi connectivity index (χ1n) is 29.6. The minimum absolute atomic E-state index is 0.229. The monoisotopic (exact) mass is 1200 g/mol. The maximum atomic E-state index is 13.4. The highest BCUT2D eigenvalue weighted by Gasteiger charge is 2.27. The Morgan fingerprint density at radius 1 is 0.770 bits per heavy atom. The number of rotatable bonds is 14. The molecule has 8 heterocycles. The second-order valence-corrected chi connectivity index (χ2v) is 30.7. The molecule has 0 aliphatic carbocycles. The van der Waals surface area contributed by atoms with Gasteiger partial charge in [-0.05, 0) is 175 Å². The third-order valence-corrected chi connectivity index (χ3v) is 17.7. The van der Waals surface area contributed by atoms with Crippen LogP contribution in [-0.4, -0.2) is 173 Å². The van der Waals surface area contributed by atoms with E-state index in [0.717, 1.165) is 114 Å². The van der Waals surface area contributed by atoms with Crippen molar-refractivity contribution in [3.05, 3.63) is 118 Å². The number of aliphatic imine (C=N–C) groups is 1. The summed E-state index contributed by atoms with van der Waals surface area (Å²) in [6.07, 6.45) is 5.44. The molecule has 0 atom stereocenters. The fraction of sp³-hybridized carbons (Fsp3) is 0.462. The Hall–Kier alpha value is -8.41. The maximum absolute atomic E-state index is 13.4. The number of aromatic amines is 1. The number of carbonyl (C=O) groups is 3. The molecular weight excluding hydrogens is 1110 g/mol. The average molecular weight is 1200 g/mol. The fourth-order valence-corrected chi connectivity index (χ4v) is 11.7. The maximum Gasteiger partial charge on any atom is 0.421 e. The van der Waals surface area contributed by atoms with Crippen LogP contribution in [0.15, 0.2) is 77.6 Å². The minimum Gasteiger partial charge on any atom is -0.465 e. The number of nitriles is 2. The van der Waals surface area contributed by atoms with Crippen molar-refractivity contribution in [1.82, 2.24) is 49.1 Å². The first-order valence-corrected chi connectivity index (χ1v) is 33.3. The number of aryl methyl sites for hydroxylation is 1. The summed E-state index contributed by atoms with van der Waals surface area (Å²) in [5.74, 6) is 1.36. The predicted molar refractivity (Wildman–Crippen MR) is 343 cm³/mol. The summed E-state index contributed by atoms with van der Waals surface area (Å²) < 4.78 is 19.2. The van der Waals surface area contributed by atoms with Crippen LogP contribution in [0.5, 0.6) is 0 Å². The molecular formula is C65H83N15O6Si. The van der Waals surface area contributed by atoms with Gasteiger partial charge in [-0.2, -0.15) is 15.6 Å². The summed E-state index contributed by atoms with van der Waals surface area (Å²) in [6, 6.07) is 24.7. The number of ketones is 1. The van der Waals surface area contributed by atoms with E-state index >= 15 is 0 Å². The van der Waals surface area contributed by atoms with E-state index in [1.54, 1.807) is 41.1 Å². The number of imidazole rings is 2. The van der Waals surface area contributed by atoms with Crippen molar-refractivity contribution < 1.29 is 28.6 Å². The fourth-order valence-electron chi connectivity index (χ4n) is 11.0. The van der Waals surface area contributed by atoms with E-state index in [0.29, 0.717) is 76.6 Å². The molecule has 3 aliphatic rings. The number of fused-ring (bicyclic) bond motifs is 2. The lowest BCUT2D eigenvalue weighted by Crippen LogP contribution is -2.42. The Labute approximate surface area is 511 Å². The van der Waals surface area contributed by atoms with Gasteiger partial charge in [0.25, 0.3) is 0 Å². The molecule has 87 heavy (non-hydrogen) atoms. The number of anilines is 2. The number of piperidine rings is 2. The van der Waals surface area contributed by atoms with E-state index in [9.17, 15) is 24.9 Å². The first-order chi connectivity index (χ1) is 41.3. The van der Waals surface area contributed by atoms with Crippen LogP contribution in [0.2, 0.25) is 25.7 Å². The molecule has 2 saturated heterocycles. The van der Waals surface area contributed by atoms with Gasteiger partial charge in [0.2, 0.25) is 5.78 Å². The second-order valence-electron chi connectivity index (χ2n) is 25.1. The Morgan fingerprint density at radius 2 is 1.36 bits per heavy atom. The zero-order chi connectivity index (χ0) is 63.1. The van der Waals surface area contributed by atoms with Gasteiger partial charge in [-0.1, -0.05) is 19.6 Å². The van der Waals surface area contributed by atoms with Crippen LogP contribution in [0.25, 0.3) is 39.0 Å². The lowest BCUT2D eigenvalue weighted by molar-refractivity contribution is 0.0541. The molecule has 458 valence electrons. The lowest BCUT2D eigenvalue weighted by Gasteiger charge is -2.35. The number of benzene rings is 2. The van der Waals surface area contributed by atoms with Crippen LogP contribution in [-0.2, 0) is 20.9 Å². The molecule has 1 N–H and O–H groups in total. The van der Waals surface area contributed by atoms with Crippen LogP contribution in [0.3, 0.4) is 0 Å². The number of H-pyrrole nitrogens is 1. The molecule has 0 radical (unpaired) electrons. The quantitative estimate of drug-likeness (QED) is 0.0460. The van der Waals surface area contributed by atoms with Gasteiger partial charge in [0, 0.05) is 92.2 Å². The van der Waals surface area contributed by atoms with Crippen molar-refractivity contribution in [2.24, 2.45) is 4.99 Å². The number of esters is 1. The van der Waals surface area contributed by atoms with Crippen molar-refractivity contribution >= 4 is 71.2 Å². The molecule has 2 fully saturated rings. The second kappa shape index (κ2) is 27.5. The first kappa shape index (κ1) is 64.6. The summed E-state index contributed by atoms with van der Waals surface area (Å²) >= 11 is 0. The van der Waals surface area contributed by atoms with Gasteiger partial charge in [0.1, 0.15) is 35.8 Å². The van der Waals surface area contributed by atoms with Crippen molar-refractivity contribution in [3.63, 3.8) is 0 Å². The van der Waals surface area contributed by atoms with Crippen molar-refractivity contribution in [3.8, 4) is 23.3 Å². The largest absolute Gasteiger partial charge is 0.465 e. The molecule has 0 unspecified atom stereocenters. The zero-order valence-corrected chi connectivity index (χ0v) is 54.2. The number of pyridine rings is 2. The van der Waals surface area contributed by atoms with Gasteiger partial charge in [-0.15, -0.1) is 0 Å². The molecule has 7 aromatic rings. The van der Waals surface area contributed by atoms with Gasteiger partial charge < -0.3 is 38.8 Å². The normalized spacial score (nSPS) is 15.0. The molecule has 2 aromatic carbocycles. The molecule has 22 heteroatoms. The Bertz CT molecular complexity index is 3810. The number of methoxy groups -OCH3 is 1. The third kappa shape index (κ3) is 15.6.